The molecule has 0 N–H and O–H groups in total. The van der Waals surface area contributed by atoms with E-state index in [9.17, 15) is 8.42 Å². The third kappa shape index (κ3) is 3.39. The molecule has 1 aromatic rings. The van der Waals surface area contributed by atoms with Crippen LogP contribution in [0.2, 0.25) is 0 Å². The molecular weight excluding hydrogens is 344 g/mol. The quantitative estimate of drug-likeness (QED) is 0.806. The number of hydrogen-bond donors (Lipinski definition) is 0. The molecule has 2 fully saturated rings. The van der Waals surface area contributed by atoms with Crippen LogP contribution in [0.1, 0.15) is 41.3 Å². The van der Waals surface area contributed by atoms with Gasteiger partial charge in [0.25, 0.3) is 10.2 Å². The molecular formula is C16H26N4O2S2. The van der Waals surface area contributed by atoms with E-state index in [1.54, 1.807) is 8.61 Å². The first-order valence-electron chi connectivity index (χ1n) is 9.08. The Bertz CT molecular complexity index is 651. The summed E-state index contributed by atoms with van der Waals surface area (Å²) in [6.07, 6.45) is 6.87. The van der Waals surface area contributed by atoms with Gasteiger partial charge in [0.05, 0.1) is 12.2 Å². The summed E-state index contributed by atoms with van der Waals surface area (Å²) < 4.78 is 28.5. The number of thiazole rings is 1. The van der Waals surface area contributed by atoms with E-state index < -0.39 is 10.2 Å². The summed E-state index contributed by atoms with van der Waals surface area (Å²) in [6, 6.07) is 0. The summed E-state index contributed by atoms with van der Waals surface area (Å²) in [7, 11) is -3.23. The lowest BCUT2D eigenvalue weighted by molar-refractivity contribution is 0.176. The van der Waals surface area contributed by atoms with Crippen molar-refractivity contribution in [2.75, 3.05) is 39.3 Å². The Balaban J connectivity index is 1.33. The molecule has 24 heavy (non-hydrogen) atoms. The average molecular weight is 371 g/mol. The smallest absolute Gasteiger partial charge is 0.282 e. The number of nitrogens with zero attached hydrogens (tertiary/aromatic N) is 4. The molecule has 0 unspecified atom stereocenters. The van der Waals surface area contributed by atoms with Crippen molar-refractivity contribution < 1.29 is 8.42 Å². The number of piperazine rings is 1. The number of hydrogen-bond acceptors (Lipinski definition) is 5. The Morgan fingerprint density at radius 3 is 2.25 bits per heavy atom. The zero-order chi connectivity index (χ0) is 16.6. The van der Waals surface area contributed by atoms with E-state index in [1.807, 2.05) is 11.3 Å². The molecule has 1 aliphatic carbocycles. The third-order valence-electron chi connectivity index (χ3n) is 5.30. The minimum absolute atomic E-state index is 0.601. The van der Waals surface area contributed by atoms with Gasteiger partial charge in [-0.05, 0) is 38.5 Å². The lowest BCUT2D eigenvalue weighted by Gasteiger charge is -2.35. The van der Waals surface area contributed by atoms with Crippen molar-refractivity contribution in [3.05, 3.63) is 15.6 Å². The lowest BCUT2D eigenvalue weighted by Crippen LogP contribution is -2.52. The van der Waals surface area contributed by atoms with E-state index in [0.29, 0.717) is 26.2 Å². The molecule has 134 valence electrons. The standard InChI is InChI=1S/C16H26N4O2S2/c21-24(22,19-7-3-4-8-19)20-11-9-18(10-12-20)13-16-17-14-5-1-2-6-15(14)23-16/h1-13H2. The maximum atomic E-state index is 12.6. The van der Waals surface area contributed by atoms with Crippen molar-refractivity contribution in [2.24, 2.45) is 0 Å². The second-order valence-corrected chi connectivity index (χ2v) is 10.1. The Kier molecular flexibility index (Phi) is 4.93. The predicted octanol–water partition coefficient (Wildman–Crippen LogP) is 1.48. The Labute approximate surface area is 148 Å². The monoisotopic (exact) mass is 370 g/mol. The molecule has 0 amide bonds. The molecule has 0 bridgehead atoms. The normalized spacial score (nSPS) is 24.3. The summed E-state index contributed by atoms with van der Waals surface area (Å²) in [4.78, 5) is 8.64. The van der Waals surface area contributed by atoms with Crippen LogP contribution >= 0.6 is 11.3 Å². The fraction of sp³-hybridized carbons (Fsp3) is 0.812. The summed E-state index contributed by atoms with van der Waals surface area (Å²) in [5.74, 6) is 0. The Morgan fingerprint density at radius 1 is 0.875 bits per heavy atom. The van der Waals surface area contributed by atoms with Crippen molar-refractivity contribution in [1.82, 2.24) is 18.5 Å². The van der Waals surface area contributed by atoms with Crippen LogP contribution in [0.5, 0.6) is 0 Å². The van der Waals surface area contributed by atoms with Crippen LogP contribution < -0.4 is 0 Å². The van der Waals surface area contributed by atoms with E-state index in [2.05, 4.69) is 4.90 Å². The molecule has 0 spiro atoms. The van der Waals surface area contributed by atoms with Crippen LogP contribution in [-0.4, -0.2) is 66.2 Å². The Hall–Kier alpha value is -0.540. The molecule has 6 nitrogen and oxygen atoms in total. The fourth-order valence-corrected chi connectivity index (χ4v) is 6.74. The van der Waals surface area contributed by atoms with Crippen molar-refractivity contribution in [3.63, 3.8) is 0 Å². The number of rotatable bonds is 4. The molecule has 3 heterocycles. The van der Waals surface area contributed by atoms with E-state index in [-0.39, 0.29) is 0 Å². The minimum atomic E-state index is -3.23. The second kappa shape index (κ2) is 6.99. The fourth-order valence-electron chi connectivity index (χ4n) is 3.86. The van der Waals surface area contributed by atoms with Gasteiger partial charge >= 0.3 is 0 Å². The van der Waals surface area contributed by atoms with Gasteiger partial charge < -0.3 is 0 Å². The summed E-state index contributed by atoms with van der Waals surface area (Å²) in [5, 5.41) is 1.21. The van der Waals surface area contributed by atoms with Crippen LogP contribution in [0, 0.1) is 0 Å². The summed E-state index contributed by atoms with van der Waals surface area (Å²) in [6.45, 7) is 5.05. The van der Waals surface area contributed by atoms with Gasteiger partial charge in [0.1, 0.15) is 5.01 Å². The maximum Gasteiger partial charge on any atom is 0.282 e. The third-order valence-corrected chi connectivity index (χ3v) is 8.48. The van der Waals surface area contributed by atoms with Crippen molar-refractivity contribution in [1.29, 1.82) is 0 Å². The van der Waals surface area contributed by atoms with Crippen molar-refractivity contribution >= 4 is 21.5 Å². The number of fused-ring (bicyclic) bond motifs is 1. The van der Waals surface area contributed by atoms with Gasteiger partial charge in [-0.3, -0.25) is 4.90 Å². The molecule has 0 atom stereocenters. The molecule has 2 saturated heterocycles. The highest BCUT2D eigenvalue weighted by Crippen LogP contribution is 2.27. The topological polar surface area (TPSA) is 56.8 Å². The van der Waals surface area contributed by atoms with Gasteiger partial charge in [-0.2, -0.15) is 17.0 Å². The van der Waals surface area contributed by atoms with Gasteiger partial charge in [0.15, 0.2) is 0 Å². The first-order valence-corrected chi connectivity index (χ1v) is 11.3. The van der Waals surface area contributed by atoms with E-state index in [4.69, 9.17) is 4.98 Å². The zero-order valence-electron chi connectivity index (χ0n) is 14.1. The maximum absolute atomic E-state index is 12.6. The summed E-state index contributed by atoms with van der Waals surface area (Å²) in [5.41, 5.74) is 1.32. The molecule has 0 radical (unpaired) electrons. The number of aryl methyl sites for hydroxylation is 2. The summed E-state index contributed by atoms with van der Waals surface area (Å²) >= 11 is 1.86. The van der Waals surface area contributed by atoms with Crippen LogP contribution in [0.25, 0.3) is 0 Å². The van der Waals surface area contributed by atoms with Crippen LogP contribution in [0.15, 0.2) is 0 Å². The van der Waals surface area contributed by atoms with Crippen LogP contribution in [0.4, 0.5) is 0 Å². The molecule has 0 saturated carbocycles. The molecule has 1 aromatic heterocycles. The molecule has 3 aliphatic rings. The largest absolute Gasteiger partial charge is 0.294 e. The van der Waals surface area contributed by atoms with E-state index >= 15 is 0 Å². The number of aromatic nitrogens is 1. The van der Waals surface area contributed by atoms with E-state index in [0.717, 1.165) is 38.9 Å². The van der Waals surface area contributed by atoms with Crippen molar-refractivity contribution in [2.45, 2.75) is 45.1 Å². The first kappa shape index (κ1) is 16.9. The van der Waals surface area contributed by atoms with Gasteiger partial charge in [0.2, 0.25) is 0 Å². The molecule has 2 aliphatic heterocycles. The average Bonchev–Trinajstić information content (AvgIpc) is 3.25. The van der Waals surface area contributed by atoms with Crippen LogP contribution in [-0.2, 0) is 29.6 Å². The van der Waals surface area contributed by atoms with Crippen LogP contribution in [0.3, 0.4) is 0 Å². The van der Waals surface area contributed by atoms with Gasteiger partial charge in [-0.1, -0.05) is 0 Å². The highest BCUT2D eigenvalue weighted by molar-refractivity contribution is 7.86. The van der Waals surface area contributed by atoms with Crippen molar-refractivity contribution in [3.8, 4) is 0 Å². The zero-order valence-corrected chi connectivity index (χ0v) is 15.7. The minimum Gasteiger partial charge on any atom is -0.294 e. The van der Waals surface area contributed by atoms with E-state index in [1.165, 1.54) is 34.8 Å². The Morgan fingerprint density at radius 2 is 1.54 bits per heavy atom. The highest BCUT2D eigenvalue weighted by Gasteiger charge is 2.33. The first-order chi connectivity index (χ1) is 11.6. The van der Waals surface area contributed by atoms with Gasteiger partial charge in [0, 0.05) is 44.1 Å². The molecule has 4 rings (SSSR count). The molecule has 0 aromatic carbocycles. The van der Waals surface area contributed by atoms with Gasteiger partial charge in [-0.25, -0.2) is 4.98 Å². The van der Waals surface area contributed by atoms with Gasteiger partial charge in [-0.15, -0.1) is 11.3 Å². The highest BCUT2D eigenvalue weighted by atomic mass is 32.2. The predicted molar refractivity (Wildman–Crippen MR) is 95.3 cm³/mol. The lowest BCUT2D eigenvalue weighted by atomic mass is 10.0. The molecule has 8 heteroatoms. The SMILES string of the molecule is O=S(=O)(N1CCCC1)N1CCN(Cc2nc3c(s2)CCCC3)CC1. The second-order valence-electron chi connectivity index (χ2n) is 6.97.